The summed E-state index contributed by atoms with van der Waals surface area (Å²) >= 11 is 1.25. The third kappa shape index (κ3) is 3.67. The molecule has 0 aromatic carbocycles. The summed E-state index contributed by atoms with van der Waals surface area (Å²) in [7, 11) is 0. The average molecular weight is 283 g/mol. The molecule has 1 amide bonds. The number of rotatable bonds is 4. The van der Waals surface area contributed by atoms with Gasteiger partial charge < -0.3 is 15.2 Å². The van der Waals surface area contributed by atoms with Crippen molar-refractivity contribution in [2.75, 3.05) is 13.1 Å². The van der Waals surface area contributed by atoms with E-state index in [4.69, 9.17) is 0 Å². The second-order valence-electron chi connectivity index (χ2n) is 5.02. The molecule has 0 aliphatic carbocycles. The standard InChI is InChI=1S/C13H21N3O2S/c1-9-10(2)19-13(18)16(9)7-5-12(17)15-11-4-3-6-14-8-11/h11,14H,3-8H2,1-2H3,(H,15,17). The zero-order valence-corrected chi connectivity index (χ0v) is 12.3. The quantitative estimate of drug-likeness (QED) is 0.858. The third-order valence-corrected chi connectivity index (χ3v) is 4.60. The van der Waals surface area contributed by atoms with Gasteiger partial charge in [-0.1, -0.05) is 11.3 Å². The summed E-state index contributed by atoms with van der Waals surface area (Å²) in [5.74, 6) is 0.0313. The van der Waals surface area contributed by atoms with Crippen molar-refractivity contribution in [3.63, 3.8) is 0 Å². The number of nitrogens with one attached hydrogen (secondary N) is 2. The maximum atomic E-state index is 11.9. The van der Waals surface area contributed by atoms with Crippen molar-refractivity contribution in [2.45, 2.75) is 45.7 Å². The molecular weight excluding hydrogens is 262 g/mol. The lowest BCUT2D eigenvalue weighted by Gasteiger charge is -2.23. The Morgan fingerprint density at radius 3 is 2.89 bits per heavy atom. The van der Waals surface area contributed by atoms with Crippen LogP contribution in [-0.4, -0.2) is 29.6 Å². The minimum absolute atomic E-state index is 0.0298. The second kappa shape index (κ2) is 6.34. The molecule has 5 nitrogen and oxygen atoms in total. The van der Waals surface area contributed by atoms with Gasteiger partial charge in [-0.05, 0) is 33.2 Å². The lowest BCUT2D eigenvalue weighted by molar-refractivity contribution is -0.122. The minimum atomic E-state index is 0.0298. The smallest absolute Gasteiger partial charge is 0.307 e. The minimum Gasteiger partial charge on any atom is -0.352 e. The number of hydrogen-bond acceptors (Lipinski definition) is 4. The Labute approximate surface area is 117 Å². The lowest BCUT2D eigenvalue weighted by atomic mass is 10.1. The molecule has 2 rings (SSSR count). The van der Waals surface area contributed by atoms with Gasteiger partial charge in [0.15, 0.2) is 0 Å². The highest BCUT2D eigenvalue weighted by Gasteiger charge is 2.15. The summed E-state index contributed by atoms with van der Waals surface area (Å²) in [6.45, 7) is 6.22. The van der Waals surface area contributed by atoms with Crippen molar-refractivity contribution in [2.24, 2.45) is 0 Å². The Morgan fingerprint density at radius 1 is 1.53 bits per heavy atom. The Morgan fingerprint density at radius 2 is 2.32 bits per heavy atom. The summed E-state index contributed by atoms with van der Waals surface area (Å²) in [5, 5.41) is 6.29. The Kier molecular flexibility index (Phi) is 4.76. The molecule has 0 saturated carbocycles. The van der Waals surface area contributed by atoms with E-state index in [1.54, 1.807) is 4.57 Å². The fourth-order valence-electron chi connectivity index (χ4n) is 2.33. The van der Waals surface area contributed by atoms with Crippen molar-refractivity contribution in [3.05, 3.63) is 20.2 Å². The van der Waals surface area contributed by atoms with E-state index in [1.165, 1.54) is 11.3 Å². The summed E-state index contributed by atoms with van der Waals surface area (Å²) in [6.07, 6.45) is 2.51. The van der Waals surface area contributed by atoms with Gasteiger partial charge in [-0.2, -0.15) is 0 Å². The van der Waals surface area contributed by atoms with Crippen LogP contribution < -0.4 is 15.5 Å². The molecule has 1 saturated heterocycles. The van der Waals surface area contributed by atoms with Crippen molar-refractivity contribution < 1.29 is 4.79 Å². The number of hydrogen-bond donors (Lipinski definition) is 2. The molecule has 1 atom stereocenters. The molecule has 1 fully saturated rings. The maximum Gasteiger partial charge on any atom is 0.307 e. The van der Waals surface area contributed by atoms with Crippen LogP contribution in [0.1, 0.15) is 29.8 Å². The van der Waals surface area contributed by atoms with Crippen LogP contribution in [0.15, 0.2) is 4.79 Å². The van der Waals surface area contributed by atoms with Gasteiger partial charge in [-0.25, -0.2) is 0 Å². The number of carbonyl (C=O) groups is 1. The topological polar surface area (TPSA) is 63.1 Å². The first-order valence-electron chi connectivity index (χ1n) is 6.75. The molecule has 2 heterocycles. The number of aryl methyl sites for hydroxylation is 1. The SMILES string of the molecule is Cc1sc(=O)n(CCC(=O)NC2CCCNC2)c1C. The summed E-state index contributed by atoms with van der Waals surface area (Å²) in [4.78, 5) is 24.6. The zero-order valence-electron chi connectivity index (χ0n) is 11.5. The van der Waals surface area contributed by atoms with E-state index in [0.29, 0.717) is 13.0 Å². The van der Waals surface area contributed by atoms with Crippen molar-refractivity contribution in [3.8, 4) is 0 Å². The van der Waals surface area contributed by atoms with Gasteiger partial charge in [0.25, 0.3) is 0 Å². The highest BCUT2D eigenvalue weighted by atomic mass is 32.1. The molecule has 19 heavy (non-hydrogen) atoms. The second-order valence-corrected chi connectivity index (χ2v) is 6.19. The normalized spacial score (nSPS) is 19.4. The van der Waals surface area contributed by atoms with Gasteiger partial charge >= 0.3 is 4.87 Å². The third-order valence-electron chi connectivity index (χ3n) is 3.60. The summed E-state index contributed by atoms with van der Waals surface area (Å²) in [5.41, 5.74) is 0.974. The molecule has 106 valence electrons. The molecule has 1 aromatic rings. The maximum absolute atomic E-state index is 11.9. The molecule has 1 aliphatic rings. The zero-order chi connectivity index (χ0) is 13.8. The van der Waals surface area contributed by atoms with Crippen LogP contribution in [0.25, 0.3) is 0 Å². The fraction of sp³-hybridized carbons (Fsp3) is 0.692. The Bertz CT molecular complexity index is 500. The lowest BCUT2D eigenvalue weighted by Crippen LogP contribution is -2.45. The number of aromatic nitrogens is 1. The predicted molar refractivity (Wildman–Crippen MR) is 76.7 cm³/mol. The number of amides is 1. The largest absolute Gasteiger partial charge is 0.352 e. The molecule has 6 heteroatoms. The van der Waals surface area contributed by atoms with Crippen LogP contribution in [0.4, 0.5) is 0 Å². The van der Waals surface area contributed by atoms with Gasteiger partial charge in [0.05, 0.1) is 0 Å². The summed E-state index contributed by atoms with van der Waals surface area (Å²) < 4.78 is 1.69. The number of carbonyl (C=O) groups excluding carboxylic acids is 1. The predicted octanol–water partition coefficient (Wildman–Crippen LogP) is 0.785. The summed E-state index contributed by atoms with van der Waals surface area (Å²) in [6, 6.07) is 0.239. The molecule has 1 aliphatic heterocycles. The van der Waals surface area contributed by atoms with E-state index in [-0.39, 0.29) is 16.8 Å². The molecule has 0 spiro atoms. The van der Waals surface area contributed by atoms with Crippen molar-refractivity contribution in [1.82, 2.24) is 15.2 Å². The fourth-order valence-corrected chi connectivity index (χ4v) is 3.19. The molecule has 2 N–H and O–H groups in total. The van der Waals surface area contributed by atoms with E-state index in [0.717, 1.165) is 36.5 Å². The monoisotopic (exact) mass is 283 g/mol. The first-order valence-corrected chi connectivity index (χ1v) is 7.56. The first kappa shape index (κ1) is 14.3. The first-order chi connectivity index (χ1) is 9.08. The molecule has 0 bridgehead atoms. The highest BCUT2D eigenvalue weighted by Crippen LogP contribution is 2.09. The molecule has 0 radical (unpaired) electrons. The van der Waals surface area contributed by atoms with E-state index in [9.17, 15) is 9.59 Å². The number of thiazole rings is 1. The molecule has 1 unspecified atom stereocenters. The van der Waals surface area contributed by atoms with Crippen molar-refractivity contribution >= 4 is 17.2 Å². The van der Waals surface area contributed by atoms with E-state index >= 15 is 0 Å². The van der Waals surface area contributed by atoms with E-state index in [1.807, 2.05) is 13.8 Å². The highest BCUT2D eigenvalue weighted by molar-refractivity contribution is 7.09. The van der Waals surface area contributed by atoms with Gasteiger partial charge in [-0.15, -0.1) is 0 Å². The Hall–Kier alpha value is -1.14. The Balaban J connectivity index is 1.84. The van der Waals surface area contributed by atoms with Gasteiger partial charge in [0.2, 0.25) is 5.91 Å². The van der Waals surface area contributed by atoms with Gasteiger partial charge in [0, 0.05) is 36.1 Å². The van der Waals surface area contributed by atoms with Crippen LogP contribution in [0.5, 0.6) is 0 Å². The molecule has 1 aromatic heterocycles. The van der Waals surface area contributed by atoms with Crippen molar-refractivity contribution in [1.29, 1.82) is 0 Å². The van der Waals surface area contributed by atoms with Crippen LogP contribution in [-0.2, 0) is 11.3 Å². The molecular formula is C13H21N3O2S. The van der Waals surface area contributed by atoms with E-state index < -0.39 is 0 Å². The van der Waals surface area contributed by atoms with Crippen LogP contribution in [0.2, 0.25) is 0 Å². The van der Waals surface area contributed by atoms with Crippen LogP contribution in [0.3, 0.4) is 0 Å². The van der Waals surface area contributed by atoms with E-state index in [2.05, 4.69) is 10.6 Å². The van der Waals surface area contributed by atoms with Crippen LogP contribution >= 0.6 is 11.3 Å². The van der Waals surface area contributed by atoms with Gasteiger partial charge in [-0.3, -0.25) is 9.59 Å². The number of nitrogens with zero attached hydrogens (tertiary/aromatic N) is 1. The average Bonchev–Trinajstić information content (AvgIpc) is 2.62. The van der Waals surface area contributed by atoms with Gasteiger partial charge in [0.1, 0.15) is 0 Å². The van der Waals surface area contributed by atoms with Crippen LogP contribution in [0, 0.1) is 13.8 Å². The number of piperidine rings is 1.